The molecule has 0 spiro atoms. The summed E-state index contributed by atoms with van der Waals surface area (Å²) in [6.45, 7) is 7.81. The molecule has 1 aromatic carbocycles. The fraction of sp³-hybridized carbons (Fsp3) is 0.533. The molecule has 0 aliphatic rings. The third-order valence-electron chi connectivity index (χ3n) is 3.20. The molecule has 0 amide bonds. The first-order valence-electron chi connectivity index (χ1n) is 6.23. The average molecular weight is 233 g/mol. The molecule has 0 saturated heterocycles. The number of benzene rings is 1. The summed E-state index contributed by atoms with van der Waals surface area (Å²) in [6, 6.07) is 6.63. The third kappa shape index (κ3) is 5.14. The van der Waals surface area contributed by atoms with Crippen LogP contribution in [0.4, 0.5) is 0 Å². The average Bonchev–Trinajstić information content (AvgIpc) is 2.28. The summed E-state index contributed by atoms with van der Waals surface area (Å²) in [4.78, 5) is 13.1. The largest absolute Gasteiger partial charge is 0.306 e. The van der Waals surface area contributed by atoms with Crippen molar-refractivity contribution in [1.29, 1.82) is 0 Å². The van der Waals surface area contributed by atoms with Crippen LogP contribution in [0.3, 0.4) is 0 Å². The van der Waals surface area contributed by atoms with E-state index in [4.69, 9.17) is 0 Å². The first-order chi connectivity index (χ1) is 7.99. The Balaban J connectivity index is 2.39. The van der Waals surface area contributed by atoms with Crippen LogP contribution in [0.5, 0.6) is 0 Å². The Bertz CT molecular complexity index is 385. The summed E-state index contributed by atoms with van der Waals surface area (Å²) < 4.78 is 0. The van der Waals surface area contributed by atoms with Gasteiger partial charge in [0.15, 0.2) is 0 Å². The Kier molecular flexibility index (Phi) is 5.36. The normalized spacial score (nSPS) is 10.9. The van der Waals surface area contributed by atoms with Crippen LogP contribution in [0, 0.1) is 13.8 Å². The number of rotatable bonds is 6. The topological polar surface area (TPSA) is 20.3 Å². The van der Waals surface area contributed by atoms with Crippen molar-refractivity contribution in [2.24, 2.45) is 0 Å². The predicted molar refractivity (Wildman–Crippen MR) is 72.4 cm³/mol. The zero-order chi connectivity index (χ0) is 12.8. The van der Waals surface area contributed by atoms with Crippen molar-refractivity contribution in [3.8, 4) is 0 Å². The molecule has 0 unspecified atom stereocenters. The van der Waals surface area contributed by atoms with Crippen molar-refractivity contribution in [2.75, 3.05) is 20.1 Å². The van der Waals surface area contributed by atoms with E-state index in [1.54, 1.807) is 6.92 Å². The molecule has 0 radical (unpaired) electrons. The minimum atomic E-state index is 0.267. The Morgan fingerprint density at radius 1 is 1.18 bits per heavy atom. The Morgan fingerprint density at radius 2 is 1.88 bits per heavy atom. The molecule has 0 aromatic heterocycles. The zero-order valence-electron chi connectivity index (χ0n) is 11.4. The maximum absolute atomic E-state index is 10.9. The van der Waals surface area contributed by atoms with E-state index < -0.39 is 0 Å². The van der Waals surface area contributed by atoms with Crippen molar-refractivity contribution < 1.29 is 4.79 Å². The lowest BCUT2D eigenvalue weighted by Gasteiger charge is -2.16. The van der Waals surface area contributed by atoms with E-state index in [1.807, 2.05) is 0 Å². The molecule has 0 N–H and O–H groups in total. The van der Waals surface area contributed by atoms with Crippen LogP contribution in [-0.4, -0.2) is 30.8 Å². The van der Waals surface area contributed by atoms with Gasteiger partial charge in [0.2, 0.25) is 0 Å². The van der Waals surface area contributed by atoms with Crippen molar-refractivity contribution in [3.63, 3.8) is 0 Å². The second-order valence-electron chi connectivity index (χ2n) is 4.92. The molecule has 0 aliphatic heterocycles. The lowest BCUT2D eigenvalue weighted by molar-refractivity contribution is -0.117. The van der Waals surface area contributed by atoms with Crippen LogP contribution >= 0.6 is 0 Å². The first-order valence-corrected chi connectivity index (χ1v) is 6.23. The van der Waals surface area contributed by atoms with Crippen LogP contribution in [-0.2, 0) is 11.2 Å². The molecule has 0 aliphatic carbocycles. The molecule has 0 heterocycles. The quantitative estimate of drug-likeness (QED) is 0.753. The smallest absolute Gasteiger partial charge is 0.131 e. The summed E-state index contributed by atoms with van der Waals surface area (Å²) in [5, 5.41) is 0. The second-order valence-corrected chi connectivity index (χ2v) is 4.92. The predicted octanol–water partition coefficient (Wildman–Crippen LogP) is 2.76. The van der Waals surface area contributed by atoms with Gasteiger partial charge in [-0.3, -0.25) is 4.79 Å². The number of likely N-dealkylation sites (N-methyl/N-ethyl adjacent to an activating group) is 1. The minimum absolute atomic E-state index is 0.267. The Hall–Kier alpha value is -1.15. The molecule has 17 heavy (non-hydrogen) atoms. The number of hydrogen-bond acceptors (Lipinski definition) is 2. The van der Waals surface area contributed by atoms with Gasteiger partial charge in [-0.15, -0.1) is 0 Å². The first kappa shape index (κ1) is 13.9. The Morgan fingerprint density at radius 3 is 2.47 bits per heavy atom. The number of aryl methyl sites for hydroxylation is 2. The maximum Gasteiger partial charge on any atom is 0.131 e. The molecule has 1 rings (SSSR count). The number of hydrogen-bond donors (Lipinski definition) is 0. The lowest BCUT2D eigenvalue weighted by Crippen LogP contribution is -2.23. The van der Waals surface area contributed by atoms with Crippen LogP contribution < -0.4 is 0 Å². The van der Waals surface area contributed by atoms with Gasteiger partial charge in [-0.05, 0) is 50.9 Å². The van der Waals surface area contributed by atoms with Crippen molar-refractivity contribution in [2.45, 2.75) is 33.6 Å². The summed E-state index contributed by atoms with van der Waals surface area (Å²) >= 11 is 0. The van der Waals surface area contributed by atoms with E-state index >= 15 is 0 Å². The molecule has 2 heteroatoms. The summed E-state index contributed by atoms with van der Waals surface area (Å²) in [6.07, 6.45) is 1.71. The maximum atomic E-state index is 10.9. The molecular weight excluding hydrogens is 210 g/mol. The van der Waals surface area contributed by atoms with E-state index in [1.165, 1.54) is 16.7 Å². The molecule has 0 fully saturated rings. The highest BCUT2D eigenvalue weighted by atomic mass is 16.1. The van der Waals surface area contributed by atoms with Crippen LogP contribution in [0.2, 0.25) is 0 Å². The van der Waals surface area contributed by atoms with Gasteiger partial charge in [-0.1, -0.05) is 18.2 Å². The highest BCUT2D eigenvalue weighted by Crippen LogP contribution is 2.10. The second kappa shape index (κ2) is 6.55. The summed E-state index contributed by atoms with van der Waals surface area (Å²) in [5.41, 5.74) is 4.08. The monoisotopic (exact) mass is 233 g/mol. The highest BCUT2D eigenvalue weighted by Gasteiger charge is 2.02. The summed E-state index contributed by atoms with van der Waals surface area (Å²) in [7, 11) is 2.07. The molecule has 2 nitrogen and oxygen atoms in total. The van der Waals surface area contributed by atoms with E-state index in [-0.39, 0.29) is 5.78 Å². The highest BCUT2D eigenvalue weighted by molar-refractivity contribution is 5.75. The molecular formula is C15H23NO. The van der Waals surface area contributed by atoms with E-state index in [0.717, 1.165) is 19.5 Å². The lowest BCUT2D eigenvalue weighted by atomic mass is 10.0. The van der Waals surface area contributed by atoms with Gasteiger partial charge < -0.3 is 4.90 Å². The van der Waals surface area contributed by atoms with E-state index in [9.17, 15) is 4.79 Å². The van der Waals surface area contributed by atoms with Gasteiger partial charge in [-0.25, -0.2) is 0 Å². The molecule has 0 bridgehead atoms. The number of carbonyl (C=O) groups excluding carboxylic acids is 1. The standard InChI is InChI=1S/C15H23NO/c1-12-5-6-15(11-13(12)2)8-10-16(4)9-7-14(3)17/h5-6,11H,7-10H2,1-4H3. The SMILES string of the molecule is CC(=O)CCN(C)CCc1ccc(C)c(C)c1. The third-order valence-corrected chi connectivity index (χ3v) is 3.20. The number of nitrogens with zero attached hydrogens (tertiary/aromatic N) is 1. The van der Waals surface area contributed by atoms with E-state index in [2.05, 4.69) is 44.0 Å². The Labute approximate surface area is 105 Å². The summed E-state index contributed by atoms with van der Waals surface area (Å²) in [5.74, 6) is 0.267. The number of carbonyl (C=O) groups is 1. The van der Waals surface area contributed by atoms with Gasteiger partial charge in [0, 0.05) is 19.5 Å². The van der Waals surface area contributed by atoms with Gasteiger partial charge >= 0.3 is 0 Å². The number of Topliss-reactive ketones (excluding diaryl/α,β-unsaturated/α-hetero) is 1. The minimum Gasteiger partial charge on any atom is -0.306 e. The van der Waals surface area contributed by atoms with Crippen LogP contribution in [0.15, 0.2) is 18.2 Å². The van der Waals surface area contributed by atoms with Gasteiger partial charge in [0.1, 0.15) is 5.78 Å². The van der Waals surface area contributed by atoms with Gasteiger partial charge in [-0.2, -0.15) is 0 Å². The molecule has 0 atom stereocenters. The molecule has 94 valence electrons. The molecule has 1 aromatic rings. The fourth-order valence-electron chi connectivity index (χ4n) is 1.74. The fourth-order valence-corrected chi connectivity index (χ4v) is 1.74. The zero-order valence-corrected chi connectivity index (χ0v) is 11.4. The van der Waals surface area contributed by atoms with Crippen molar-refractivity contribution >= 4 is 5.78 Å². The van der Waals surface area contributed by atoms with Crippen LogP contribution in [0.1, 0.15) is 30.0 Å². The number of ketones is 1. The van der Waals surface area contributed by atoms with Gasteiger partial charge in [0.05, 0.1) is 0 Å². The van der Waals surface area contributed by atoms with Crippen molar-refractivity contribution in [3.05, 3.63) is 34.9 Å². The molecule has 0 saturated carbocycles. The van der Waals surface area contributed by atoms with Crippen molar-refractivity contribution in [1.82, 2.24) is 4.90 Å². The van der Waals surface area contributed by atoms with Gasteiger partial charge in [0.25, 0.3) is 0 Å². The van der Waals surface area contributed by atoms with Crippen LogP contribution in [0.25, 0.3) is 0 Å². The van der Waals surface area contributed by atoms with E-state index in [0.29, 0.717) is 6.42 Å².